The molecule has 0 radical (unpaired) electrons. The third-order valence-corrected chi connectivity index (χ3v) is 3.37. The minimum atomic E-state index is -1.12. The second-order valence-electron chi connectivity index (χ2n) is 5.33. The molecule has 0 aromatic carbocycles. The molecule has 6 nitrogen and oxygen atoms in total. The molecule has 0 aromatic heterocycles. The van der Waals surface area contributed by atoms with Gasteiger partial charge in [0.15, 0.2) is 5.71 Å². The Morgan fingerprint density at radius 2 is 1.94 bits per heavy atom. The Kier molecular flexibility index (Phi) is 3.54. The van der Waals surface area contributed by atoms with Gasteiger partial charge in [0.2, 0.25) is 6.10 Å². The van der Waals surface area contributed by atoms with Crippen LogP contribution in [0.1, 0.15) is 26.7 Å². The predicted molar refractivity (Wildman–Crippen MR) is 64.1 cm³/mol. The highest BCUT2D eigenvalue weighted by Gasteiger charge is 2.36. The maximum absolute atomic E-state index is 12.2. The molecule has 1 amide bonds. The molecule has 0 bridgehead atoms. The molecular formula is C12H18N2O4. The number of carboxylic acid groups (broad SMARTS) is 1. The first kappa shape index (κ1) is 12.9. The number of oxime groups is 1. The largest absolute Gasteiger partial charge is 0.477 e. The van der Waals surface area contributed by atoms with Crippen LogP contribution in [0.15, 0.2) is 5.16 Å². The first-order valence-electron chi connectivity index (χ1n) is 6.22. The molecule has 2 heterocycles. The number of amides is 1. The first-order valence-corrected chi connectivity index (χ1v) is 6.22. The zero-order valence-corrected chi connectivity index (χ0v) is 10.6. The summed E-state index contributed by atoms with van der Waals surface area (Å²) in [6.07, 6.45) is 0.424. The maximum Gasteiger partial charge on any atom is 0.353 e. The van der Waals surface area contributed by atoms with Crippen molar-refractivity contribution in [1.29, 1.82) is 0 Å². The van der Waals surface area contributed by atoms with Crippen LogP contribution in [0.4, 0.5) is 0 Å². The Morgan fingerprint density at radius 3 is 2.44 bits per heavy atom. The van der Waals surface area contributed by atoms with Gasteiger partial charge in [0, 0.05) is 19.5 Å². The SMILES string of the molecule is CC1CC(C)CN(C(=O)C2CC(C(=O)O)=NO2)C1. The molecule has 18 heavy (non-hydrogen) atoms. The minimum Gasteiger partial charge on any atom is -0.477 e. The summed E-state index contributed by atoms with van der Waals surface area (Å²) in [5.41, 5.74) is -0.0774. The van der Waals surface area contributed by atoms with Gasteiger partial charge in [-0.05, 0) is 18.3 Å². The number of piperidine rings is 1. The molecule has 2 rings (SSSR count). The van der Waals surface area contributed by atoms with Crippen LogP contribution in [0, 0.1) is 11.8 Å². The Hall–Kier alpha value is -1.59. The van der Waals surface area contributed by atoms with Crippen molar-refractivity contribution >= 4 is 17.6 Å². The van der Waals surface area contributed by atoms with E-state index < -0.39 is 12.1 Å². The van der Waals surface area contributed by atoms with E-state index in [0.717, 1.165) is 6.42 Å². The molecule has 2 aliphatic rings. The van der Waals surface area contributed by atoms with Crippen LogP contribution in [0.2, 0.25) is 0 Å². The van der Waals surface area contributed by atoms with Crippen molar-refractivity contribution in [3.05, 3.63) is 0 Å². The zero-order valence-electron chi connectivity index (χ0n) is 10.6. The molecule has 3 atom stereocenters. The number of hydrogen-bond acceptors (Lipinski definition) is 4. The number of carboxylic acids is 1. The summed E-state index contributed by atoms with van der Waals surface area (Å²) >= 11 is 0. The summed E-state index contributed by atoms with van der Waals surface area (Å²) in [7, 11) is 0. The Morgan fingerprint density at radius 1 is 1.33 bits per heavy atom. The number of likely N-dealkylation sites (tertiary alicyclic amines) is 1. The first-order chi connectivity index (χ1) is 8.47. The number of nitrogens with zero attached hydrogens (tertiary/aromatic N) is 2. The second-order valence-corrected chi connectivity index (χ2v) is 5.33. The number of aliphatic carboxylic acids is 1. The maximum atomic E-state index is 12.2. The molecular weight excluding hydrogens is 236 g/mol. The van der Waals surface area contributed by atoms with Crippen molar-refractivity contribution in [2.75, 3.05) is 13.1 Å². The van der Waals surface area contributed by atoms with E-state index in [1.807, 2.05) is 0 Å². The summed E-state index contributed by atoms with van der Waals surface area (Å²) in [4.78, 5) is 29.6. The van der Waals surface area contributed by atoms with Crippen LogP contribution in [0.3, 0.4) is 0 Å². The average Bonchev–Trinajstić information content (AvgIpc) is 2.75. The van der Waals surface area contributed by atoms with E-state index in [1.165, 1.54) is 0 Å². The molecule has 0 aliphatic carbocycles. The Bertz CT molecular complexity index is 384. The van der Waals surface area contributed by atoms with Crippen LogP contribution in [-0.2, 0) is 14.4 Å². The Labute approximate surface area is 106 Å². The Balaban J connectivity index is 1.95. The normalized spacial score (nSPS) is 31.8. The van der Waals surface area contributed by atoms with Gasteiger partial charge in [-0.1, -0.05) is 19.0 Å². The molecule has 6 heteroatoms. The fraction of sp³-hybridized carbons (Fsp3) is 0.750. The van der Waals surface area contributed by atoms with Crippen LogP contribution in [0.25, 0.3) is 0 Å². The standard InChI is InChI=1S/C12H18N2O4/c1-7-3-8(2)6-14(5-7)11(15)10-4-9(12(16)17)13-18-10/h7-8,10H,3-6H2,1-2H3,(H,16,17). The van der Waals surface area contributed by atoms with Crippen LogP contribution < -0.4 is 0 Å². The number of carbonyl (C=O) groups is 2. The lowest BCUT2D eigenvalue weighted by Gasteiger charge is -2.35. The van der Waals surface area contributed by atoms with Crippen molar-refractivity contribution in [1.82, 2.24) is 4.90 Å². The van der Waals surface area contributed by atoms with Gasteiger partial charge >= 0.3 is 5.97 Å². The lowest BCUT2D eigenvalue weighted by molar-refractivity contribution is -0.144. The van der Waals surface area contributed by atoms with E-state index in [-0.39, 0.29) is 18.0 Å². The van der Waals surface area contributed by atoms with E-state index in [4.69, 9.17) is 9.94 Å². The van der Waals surface area contributed by atoms with Gasteiger partial charge in [-0.3, -0.25) is 4.79 Å². The number of hydrogen-bond donors (Lipinski definition) is 1. The van der Waals surface area contributed by atoms with Crippen molar-refractivity contribution < 1.29 is 19.5 Å². The van der Waals surface area contributed by atoms with E-state index in [1.54, 1.807) is 4.90 Å². The van der Waals surface area contributed by atoms with Crippen LogP contribution >= 0.6 is 0 Å². The van der Waals surface area contributed by atoms with Crippen LogP contribution in [-0.4, -0.2) is 46.8 Å². The van der Waals surface area contributed by atoms with E-state index in [0.29, 0.717) is 24.9 Å². The molecule has 1 saturated heterocycles. The molecule has 0 saturated carbocycles. The molecule has 2 aliphatic heterocycles. The van der Waals surface area contributed by atoms with Crippen molar-refractivity contribution in [3.63, 3.8) is 0 Å². The van der Waals surface area contributed by atoms with Crippen molar-refractivity contribution in [3.8, 4) is 0 Å². The third kappa shape index (κ3) is 2.63. The zero-order chi connectivity index (χ0) is 13.3. The summed E-state index contributed by atoms with van der Waals surface area (Å²) in [5.74, 6) is -0.322. The molecule has 0 spiro atoms. The monoisotopic (exact) mass is 254 g/mol. The van der Waals surface area contributed by atoms with Gasteiger partial charge in [-0.2, -0.15) is 0 Å². The van der Waals surface area contributed by atoms with E-state index in [9.17, 15) is 9.59 Å². The molecule has 100 valence electrons. The highest BCUT2D eigenvalue weighted by molar-refractivity contribution is 6.36. The van der Waals surface area contributed by atoms with Crippen molar-refractivity contribution in [2.24, 2.45) is 17.0 Å². The summed E-state index contributed by atoms with van der Waals surface area (Å²) in [6.45, 7) is 5.66. The summed E-state index contributed by atoms with van der Waals surface area (Å²) in [5, 5.41) is 12.2. The van der Waals surface area contributed by atoms with Gasteiger partial charge in [0.1, 0.15) is 0 Å². The fourth-order valence-electron chi connectivity index (χ4n) is 2.68. The molecule has 0 aromatic rings. The quantitative estimate of drug-likeness (QED) is 0.787. The number of rotatable bonds is 2. The predicted octanol–water partition coefficient (Wildman–Crippen LogP) is 0.720. The van der Waals surface area contributed by atoms with Gasteiger partial charge in [0.25, 0.3) is 5.91 Å². The lowest BCUT2D eigenvalue weighted by Crippen LogP contribution is -2.47. The smallest absolute Gasteiger partial charge is 0.353 e. The van der Waals surface area contributed by atoms with Gasteiger partial charge in [0.05, 0.1) is 0 Å². The van der Waals surface area contributed by atoms with Crippen LogP contribution in [0.5, 0.6) is 0 Å². The number of carbonyl (C=O) groups excluding carboxylic acids is 1. The molecule has 1 N–H and O–H groups in total. The highest BCUT2D eigenvalue weighted by atomic mass is 16.6. The molecule has 3 unspecified atom stereocenters. The van der Waals surface area contributed by atoms with Crippen molar-refractivity contribution in [2.45, 2.75) is 32.8 Å². The highest BCUT2D eigenvalue weighted by Crippen LogP contribution is 2.23. The van der Waals surface area contributed by atoms with Gasteiger partial charge < -0.3 is 14.8 Å². The second kappa shape index (κ2) is 4.96. The fourth-order valence-corrected chi connectivity index (χ4v) is 2.68. The summed E-state index contributed by atoms with van der Waals surface area (Å²) in [6, 6.07) is 0. The molecule has 1 fully saturated rings. The average molecular weight is 254 g/mol. The van der Waals surface area contributed by atoms with Gasteiger partial charge in [-0.25, -0.2) is 4.79 Å². The van der Waals surface area contributed by atoms with E-state index in [2.05, 4.69) is 19.0 Å². The summed E-state index contributed by atoms with van der Waals surface area (Å²) < 4.78 is 0. The third-order valence-electron chi connectivity index (χ3n) is 3.37. The van der Waals surface area contributed by atoms with E-state index >= 15 is 0 Å². The van der Waals surface area contributed by atoms with Gasteiger partial charge in [-0.15, -0.1) is 0 Å². The lowest BCUT2D eigenvalue weighted by atomic mass is 9.91. The topological polar surface area (TPSA) is 79.2 Å². The minimum absolute atomic E-state index is 0.0629.